The summed E-state index contributed by atoms with van der Waals surface area (Å²) >= 11 is 0. The molecule has 2 heterocycles. The average molecular weight is 288 g/mol. The highest BCUT2D eigenvalue weighted by molar-refractivity contribution is 5.26. The molecule has 0 radical (unpaired) electrons. The standard InChI is InChI=1S/C17H24N2O2/c1-12(2)9-18-10-15-8-16(21-14(15)4)11-20-17-6-5-7-19-13(17)3/h5-8,12,18H,9-11H2,1-4H3. The fourth-order valence-corrected chi connectivity index (χ4v) is 2.10. The highest BCUT2D eigenvalue weighted by Crippen LogP contribution is 2.19. The number of aryl methyl sites for hydroxylation is 2. The Morgan fingerprint density at radius 3 is 2.86 bits per heavy atom. The van der Waals surface area contributed by atoms with Gasteiger partial charge in [-0.25, -0.2) is 0 Å². The molecule has 0 saturated heterocycles. The van der Waals surface area contributed by atoms with Gasteiger partial charge in [-0.2, -0.15) is 0 Å². The molecule has 0 fully saturated rings. The van der Waals surface area contributed by atoms with Gasteiger partial charge >= 0.3 is 0 Å². The van der Waals surface area contributed by atoms with E-state index in [0.717, 1.165) is 36.1 Å². The zero-order valence-corrected chi connectivity index (χ0v) is 13.3. The van der Waals surface area contributed by atoms with Crippen molar-refractivity contribution >= 4 is 0 Å². The van der Waals surface area contributed by atoms with Gasteiger partial charge in [0, 0.05) is 18.3 Å². The SMILES string of the molecule is Cc1ncccc1OCc1cc(CNCC(C)C)c(C)o1. The molecule has 0 saturated carbocycles. The lowest BCUT2D eigenvalue weighted by molar-refractivity contribution is 0.265. The zero-order chi connectivity index (χ0) is 15.2. The van der Waals surface area contributed by atoms with Crippen molar-refractivity contribution in [1.29, 1.82) is 0 Å². The van der Waals surface area contributed by atoms with Crippen molar-refractivity contribution < 1.29 is 9.15 Å². The highest BCUT2D eigenvalue weighted by atomic mass is 16.5. The van der Waals surface area contributed by atoms with Crippen molar-refractivity contribution in [3.63, 3.8) is 0 Å². The molecule has 0 aliphatic rings. The maximum Gasteiger partial charge on any atom is 0.146 e. The van der Waals surface area contributed by atoms with Gasteiger partial charge in [0.25, 0.3) is 0 Å². The minimum atomic E-state index is 0.428. The normalized spacial score (nSPS) is 11.1. The third-order valence-corrected chi connectivity index (χ3v) is 3.27. The molecule has 0 spiro atoms. The van der Waals surface area contributed by atoms with E-state index in [0.29, 0.717) is 12.5 Å². The number of hydrogen-bond acceptors (Lipinski definition) is 4. The second-order valence-electron chi connectivity index (χ2n) is 5.69. The lowest BCUT2D eigenvalue weighted by Crippen LogP contribution is -2.18. The number of aromatic nitrogens is 1. The first-order chi connectivity index (χ1) is 10.1. The maximum absolute atomic E-state index is 5.76. The van der Waals surface area contributed by atoms with Gasteiger partial charge in [-0.3, -0.25) is 4.98 Å². The second kappa shape index (κ2) is 7.27. The Labute approximate surface area is 126 Å². The van der Waals surface area contributed by atoms with Crippen molar-refractivity contribution in [2.24, 2.45) is 5.92 Å². The summed E-state index contributed by atoms with van der Waals surface area (Å²) in [6.07, 6.45) is 1.76. The van der Waals surface area contributed by atoms with Crippen LogP contribution >= 0.6 is 0 Å². The molecule has 0 bridgehead atoms. The molecule has 4 nitrogen and oxygen atoms in total. The number of rotatable bonds is 7. The molecule has 2 aromatic rings. The zero-order valence-electron chi connectivity index (χ0n) is 13.3. The fourth-order valence-electron chi connectivity index (χ4n) is 2.10. The van der Waals surface area contributed by atoms with Crippen molar-refractivity contribution in [2.75, 3.05) is 6.54 Å². The molecule has 2 aromatic heterocycles. The van der Waals surface area contributed by atoms with E-state index < -0.39 is 0 Å². The molecule has 0 atom stereocenters. The molecule has 21 heavy (non-hydrogen) atoms. The Hall–Kier alpha value is -1.81. The van der Waals surface area contributed by atoms with Crippen LogP contribution in [0.3, 0.4) is 0 Å². The second-order valence-corrected chi connectivity index (χ2v) is 5.69. The van der Waals surface area contributed by atoms with Crippen LogP contribution in [0, 0.1) is 19.8 Å². The van der Waals surface area contributed by atoms with Crippen molar-refractivity contribution in [1.82, 2.24) is 10.3 Å². The summed E-state index contributed by atoms with van der Waals surface area (Å²) in [5.74, 6) is 3.24. The number of furan rings is 1. The minimum absolute atomic E-state index is 0.428. The summed E-state index contributed by atoms with van der Waals surface area (Å²) in [7, 11) is 0. The Kier molecular flexibility index (Phi) is 5.39. The average Bonchev–Trinajstić information content (AvgIpc) is 2.78. The summed E-state index contributed by atoms with van der Waals surface area (Å²) in [4.78, 5) is 4.21. The monoisotopic (exact) mass is 288 g/mol. The van der Waals surface area contributed by atoms with E-state index in [1.165, 1.54) is 5.56 Å². The maximum atomic E-state index is 5.76. The molecule has 0 amide bonds. The lowest BCUT2D eigenvalue weighted by Gasteiger charge is -2.06. The first kappa shape index (κ1) is 15.6. The van der Waals surface area contributed by atoms with Crippen LogP contribution < -0.4 is 10.1 Å². The Balaban J connectivity index is 1.91. The van der Waals surface area contributed by atoms with Crippen LogP contribution in [0.1, 0.15) is 36.6 Å². The van der Waals surface area contributed by atoms with E-state index in [4.69, 9.17) is 9.15 Å². The number of nitrogens with zero attached hydrogens (tertiary/aromatic N) is 1. The Morgan fingerprint density at radius 2 is 2.14 bits per heavy atom. The fraction of sp³-hybridized carbons (Fsp3) is 0.471. The molecule has 2 rings (SSSR count). The summed E-state index contributed by atoms with van der Waals surface area (Å²) in [6, 6.07) is 5.86. The van der Waals surface area contributed by atoms with Crippen LogP contribution in [0.5, 0.6) is 5.75 Å². The topological polar surface area (TPSA) is 47.3 Å². The van der Waals surface area contributed by atoms with Gasteiger partial charge in [0.05, 0.1) is 5.69 Å². The highest BCUT2D eigenvalue weighted by Gasteiger charge is 2.09. The number of nitrogens with one attached hydrogen (secondary N) is 1. The molecule has 0 aromatic carbocycles. The predicted octanol–water partition coefficient (Wildman–Crippen LogP) is 3.62. The first-order valence-electron chi connectivity index (χ1n) is 7.39. The molecule has 0 unspecified atom stereocenters. The largest absolute Gasteiger partial charge is 0.484 e. The van der Waals surface area contributed by atoms with E-state index in [-0.39, 0.29) is 0 Å². The van der Waals surface area contributed by atoms with Gasteiger partial charge in [0.2, 0.25) is 0 Å². The summed E-state index contributed by atoms with van der Waals surface area (Å²) in [5, 5.41) is 3.43. The molecule has 0 aliphatic carbocycles. The van der Waals surface area contributed by atoms with Crippen LogP contribution in [0.25, 0.3) is 0 Å². The lowest BCUT2D eigenvalue weighted by atomic mass is 10.2. The molecular weight excluding hydrogens is 264 g/mol. The smallest absolute Gasteiger partial charge is 0.146 e. The van der Waals surface area contributed by atoms with Crippen molar-refractivity contribution in [2.45, 2.75) is 40.8 Å². The molecule has 1 N–H and O–H groups in total. The van der Waals surface area contributed by atoms with Gasteiger partial charge in [-0.05, 0) is 44.5 Å². The summed E-state index contributed by atoms with van der Waals surface area (Å²) in [6.45, 7) is 10.6. The van der Waals surface area contributed by atoms with Gasteiger partial charge in [0.15, 0.2) is 0 Å². The van der Waals surface area contributed by atoms with E-state index in [9.17, 15) is 0 Å². The van der Waals surface area contributed by atoms with Gasteiger partial charge in [-0.1, -0.05) is 13.8 Å². The van der Waals surface area contributed by atoms with Crippen LogP contribution in [0.15, 0.2) is 28.8 Å². The van der Waals surface area contributed by atoms with Crippen LogP contribution in [0.4, 0.5) is 0 Å². The van der Waals surface area contributed by atoms with E-state index in [1.807, 2.05) is 26.0 Å². The van der Waals surface area contributed by atoms with E-state index >= 15 is 0 Å². The Morgan fingerprint density at radius 1 is 1.33 bits per heavy atom. The summed E-state index contributed by atoms with van der Waals surface area (Å²) in [5.41, 5.74) is 2.08. The number of ether oxygens (including phenoxy) is 1. The molecular formula is C17H24N2O2. The van der Waals surface area contributed by atoms with Crippen molar-refractivity contribution in [3.8, 4) is 5.75 Å². The minimum Gasteiger partial charge on any atom is -0.484 e. The quantitative estimate of drug-likeness (QED) is 0.845. The number of hydrogen-bond donors (Lipinski definition) is 1. The third kappa shape index (κ3) is 4.60. The summed E-state index contributed by atoms with van der Waals surface area (Å²) < 4.78 is 11.5. The van der Waals surface area contributed by atoms with Crippen LogP contribution in [-0.4, -0.2) is 11.5 Å². The van der Waals surface area contributed by atoms with Crippen LogP contribution in [0.2, 0.25) is 0 Å². The van der Waals surface area contributed by atoms with Gasteiger partial charge in [-0.15, -0.1) is 0 Å². The van der Waals surface area contributed by atoms with E-state index in [2.05, 4.69) is 30.2 Å². The van der Waals surface area contributed by atoms with Gasteiger partial charge < -0.3 is 14.5 Å². The third-order valence-electron chi connectivity index (χ3n) is 3.27. The molecule has 114 valence electrons. The molecule has 4 heteroatoms. The van der Waals surface area contributed by atoms with Gasteiger partial charge in [0.1, 0.15) is 23.9 Å². The predicted molar refractivity (Wildman–Crippen MR) is 83.3 cm³/mol. The van der Waals surface area contributed by atoms with E-state index in [1.54, 1.807) is 6.20 Å². The first-order valence-corrected chi connectivity index (χ1v) is 7.39. The van der Waals surface area contributed by atoms with Crippen molar-refractivity contribution in [3.05, 3.63) is 47.2 Å². The molecule has 0 aliphatic heterocycles. The van der Waals surface area contributed by atoms with Crippen LogP contribution in [-0.2, 0) is 13.2 Å². The Bertz CT molecular complexity index is 576. The number of pyridine rings is 1.